The van der Waals surface area contributed by atoms with Crippen molar-refractivity contribution in [2.24, 2.45) is 5.73 Å². The molecule has 3 rings (SSSR count). The van der Waals surface area contributed by atoms with Gasteiger partial charge in [-0.2, -0.15) is 5.26 Å². The van der Waals surface area contributed by atoms with Gasteiger partial charge in [-0.25, -0.2) is 4.39 Å². The first-order valence-electron chi connectivity index (χ1n) is 14.5. The van der Waals surface area contributed by atoms with Crippen LogP contribution in [0.1, 0.15) is 76.6 Å². The minimum Gasteiger partial charge on any atom is -0.375 e. The normalized spacial score (nSPS) is 11.1. The second kappa shape index (κ2) is 18.4. The summed E-state index contributed by atoms with van der Waals surface area (Å²) in [6.45, 7) is 10.2. The van der Waals surface area contributed by atoms with Crippen molar-refractivity contribution in [1.82, 2.24) is 10.2 Å². The lowest BCUT2D eigenvalue weighted by atomic mass is 10.0. The molecule has 1 unspecified atom stereocenters. The van der Waals surface area contributed by atoms with E-state index in [1.807, 2.05) is 45.0 Å². The second-order valence-electron chi connectivity index (χ2n) is 10.2. The van der Waals surface area contributed by atoms with Gasteiger partial charge in [-0.15, -0.1) is 0 Å². The first-order valence-corrected chi connectivity index (χ1v) is 14.5. The number of nitrogens with one attached hydrogen (secondary N) is 1. The van der Waals surface area contributed by atoms with E-state index in [0.717, 1.165) is 30.4 Å². The smallest absolute Gasteiger partial charge is 0.253 e. The number of halogens is 1. The fourth-order valence-electron chi connectivity index (χ4n) is 4.24. The van der Waals surface area contributed by atoms with Gasteiger partial charge in [-0.1, -0.05) is 57.2 Å². The van der Waals surface area contributed by atoms with Crippen molar-refractivity contribution in [3.8, 4) is 6.07 Å². The third kappa shape index (κ3) is 11.8. The van der Waals surface area contributed by atoms with Crippen LogP contribution in [0.15, 0.2) is 66.7 Å². The average molecular weight is 575 g/mol. The van der Waals surface area contributed by atoms with Crippen LogP contribution in [0, 0.1) is 24.1 Å². The molecule has 1 atom stereocenters. The van der Waals surface area contributed by atoms with Gasteiger partial charge in [0.1, 0.15) is 5.82 Å². The lowest BCUT2D eigenvalue weighted by Crippen LogP contribution is -2.40. The molecular weight excluding hydrogens is 531 g/mol. The molecule has 0 aliphatic rings. The zero-order valence-corrected chi connectivity index (χ0v) is 25.2. The molecule has 0 saturated carbocycles. The van der Waals surface area contributed by atoms with Crippen molar-refractivity contribution in [1.29, 1.82) is 5.26 Å². The molecule has 0 fully saturated rings. The van der Waals surface area contributed by atoms with Crippen molar-refractivity contribution in [3.05, 3.63) is 106 Å². The van der Waals surface area contributed by atoms with Gasteiger partial charge in [0.05, 0.1) is 24.8 Å². The van der Waals surface area contributed by atoms with Gasteiger partial charge >= 0.3 is 0 Å². The number of nitriles is 1. The minimum atomic E-state index is -0.386. The molecule has 0 aliphatic heterocycles. The number of ether oxygens (including phenoxy) is 1. The molecule has 224 valence electrons. The maximum atomic E-state index is 13.0. The Hall–Kier alpha value is -4.06. The molecule has 0 aromatic heterocycles. The van der Waals surface area contributed by atoms with Gasteiger partial charge < -0.3 is 20.7 Å². The first kappa shape index (κ1) is 34.1. The van der Waals surface area contributed by atoms with Crippen LogP contribution in [-0.2, 0) is 17.8 Å². The monoisotopic (exact) mass is 574 g/mol. The van der Waals surface area contributed by atoms with Crippen LogP contribution in [0.5, 0.6) is 0 Å². The number of amides is 2. The molecule has 7 nitrogen and oxygen atoms in total. The maximum Gasteiger partial charge on any atom is 0.253 e. The van der Waals surface area contributed by atoms with Gasteiger partial charge in [-0.05, 0) is 73.2 Å². The van der Waals surface area contributed by atoms with Gasteiger partial charge in [0, 0.05) is 36.8 Å². The van der Waals surface area contributed by atoms with E-state index in [2.05, 4.69) is 24.4 Å². The molecule has 42 heavy (non-hydrogen) atoms. The predicted molar refractivity (Wildman–Crippen MR) is 165 cm³/mol. The Balaban J connectivity index is 0.000000661. The van der Waals surface area contributed by atoms with Crippen LogP contribution in [0.4, 0.5) is 4.39 Å². The highest BCUT2D eigenvalue weighted by Crippen LogP contribution is 2.14. The number of aryl methyl sites for hydroxylation is 2. The SMILES string of the molecule is CCCN(CCC)C(=O)c1cc(C#N)cc(C(=O)NCC(N)COCc2cccc(CC)c2)c1.Cc1cccc(F)c1. The standard InChI is InChI=1S/C27H36N4O3.C7H7F/c1-4-10-31(11-5-2)27(33)24-14-22(16-28)13-23(15-24)26(32)30-17-25(29)19-34-18-21-9-7-8-20(6-3)12-21;1-6-3-2-4-7(8)5-6/h7-9,12-15,25H,4-6,10-11,17-19,29H2,1-3H3,(H,30,32);2-5H,1H3. The largest absolute Gasteiger partial charge is 0.375 e. The fraction of sp³-hybridized carbons (Fsp3) is 0.382. The predicted octanol–water partition coefficient (Wildman–Crippen LogP) is 5.79. The summed E-state index contributed by atoms with van der Waals surface area (Å²) in [4.78, 5) is 27.4. The summed E-state index contributed by atoms with van der Waals surface area (Å²) in [6, 6.07) is 20.9. The zero-order valence-electron chi connectivity index (χ0n) is 25.2. The van der Waals surface area contributed by atoms with Crippen LogP contribution in [-0.4, -0.2) is 49.0 Å². The van der Waals surface area contributed by atoms with Gasteiger partial charge in [0.25, 0.3) is 11.8 Å². The third-order valence-electron chi connectivity index (χ3n) is 6.35. The Bertz CT molecular complexity index is 1320. The topological polar surface area (TPSA) is 108 Å². The number of hydrogen-bond donors (Lipinski definition) is 2. The van der Waals surface area contributed by atoms with Crippen molar-refractivity contribution in [2.45, 2.75) is 59.6 Å². The molecule has 8 heteroatoms. The Morgan fingerprint density at radius 2 is 1.64 bits per heavy atom. The van der Waals surface area contributed by atoms with Crippen molar-refractivity contribution in [3.63, 3.8) is 0 Å². The van der Waals surface area contributed by atoms with E-state index < -0.39 is 0 Å². The van der Waals surface area contributed by atoms with E-state index in [9.17, 15) is 19.2 Å². The molecule has 3 N–H and O–H groups in total. The number of rotatable bonds is 13. The van der Waals surface area contributed by atoms with Gasteiger partial charge in [-0.3, -0.25) is 9.59 Å². The van der Waals surface area contributed by atoms with Crippen molar-refractivity contribution in [2.75, 3.05) is 26.2 Å². The minimum absolute atomic E-state index is 0.162. The summed E-state index contributed by atoms with van der Waals surface area (Å²) in [6.07, 6.45) is 2.64. The highest BCUT2D eigenvalue weighted by Gasteiger charge is 2.18. The van der Waals surface area contributed by atoms with Crippen molar-refractivity contribution < 1.29 is 18.7 Å². The van der Waals surface area contributed by atoms with E-state index in [-0.39, 0.29) is 41.3 Å². The van der Waals surface area contributed by atoms with E-state index in [1.54, 1.807) is 17.0 Å². The summed E-state index contributed by atoms with van der Waals surface area (Å²) in [5.74, 6) is -0.716. The number of nitrogens with two attached hydrogens (primary N) is 1. The maximum absolute atomic E-state index is 13.0. The fourth-order valence-corrected chi connectivity index (χ4v) is 4.24. The molecule has 0 bridgehead atoms. The third-order valence-corrected chi connectivity index (χ3v) is 6.35. The highest BCUT2D eigenvalue weighted by atomic mass is 19.1. The average Bonchev–Trinajstić information content (AvgIpc) is 2.99. The van der Waals surface area contributed by atoms with Crippen LogP contribution in [0.2, 0.25) is 0 Å². The van der Waals surface area contributed by atoms with E-state index in [1.165, 1.54) is 29.8 Å². The summed E-state index contributed by atoms with van der Waals surface area (Å²) in [5, 5.41) is 12.2. The Kier molecular flexibility index (Phi) is 14.9. The number of hydrogen-bond acceptors (Lipinski definition) is 5. The summed E-state index contributed by atoms with van der Waals surface area (Å²) < 4.78 is 17.9. The van der Waals surface area contributed by atoms with Crippen LogP contribution < -0.4 is 11.1 Å². The number of benzene rings is 3. The molecule has 0 aliphatic carbocycles. The molecule has 2 amide bonds. The van der Waals surface area contributed by atoms with E-state index in [4.69, 9.17) is 10.5 Å². The van der Waals surface area contributed by atoms with Gasteiger partial charge in [0.2, 0.25) is 0 Å². The summed E-state index contributed by atoms with van der Waals surface area (Å²) in [7, 11) is 0. The van der Waals surface area contributed by atoms with Crippen molar-refractivity contribution >= 4 is 11.8 Å². The molecule has 0 saturated heterocycles. The van der Waals surface area contributed by atoms with Gasteiger partial charge in [0.15, 0.2) is 0 Å². The summed E-state index contributed by atoms with van der Waals surface area (Å²) >= 11 is 0. The molecule has 3 aromatic rings. The van der Waals surface area contributed by atoms with E-state index in [0.29, 0.717) is 31.9 Å². The first-order chi connectivity index (χ1) is 20.2. The molecule has 0 heterocycles. The number of nitrogens with zero attached hydrogens (tertiary/aromatic N) is 2. The quantitative estimate of drug-likeness (QED) is 0.269. The molecule has 3 aromatic carbocycles. The number of carbonyl (C=O) groups is 2. The Morgan fingerprint density at radius 1 is 0.976 bits per heavy atom. The number of carbonyl (C=O) groups excluding carboxylic acids is 2. The lowest BCUT2D eigenvalue weighted by molar-refractivity contribution is 0.0755. The highest BCUT2D eigenvalue weighted by molar-refractivity contribution is 6.00. The molecule has 0 radical (unpaired) electrons. The Morgan fingerprint density at radius 3 is 2.24 bits per heavy atom. The lowest BCUT2D eigenvalue weighted by Gasteiger charge is -2.22. The second-order valence-corrected chi connectivity index (χ2v) is 10.2. The zero-order chi connectivity index (χ0) is 30.9. The molecular formula is C34H43FN4O3. The van der Waals surface area contributed by atoms with Crippen LogP contribution in [0.3, 0.4) is 0 Å². The Labute approximate surface area is 249 Å². The van der Waals surface area contributed by atoms with E-state index >= 15 is 0 Å². The van der Waals surface area contributed by atoms with Crippen LogP contribution >= 0.6 is 0 Å². The van der Waals surface area contributed by atoms with Crippen LogP contribution in [0.25, 0.3) is 0 Å². The molecule has 0 spiro atoms. The summed E-state index contributed by atoms with van der Waals surface area (Å²) in [5.41, 5.74) is 10.3.